The molecule has 6 heteroatoms. The van der Waals surface area contributed by atoms with E-state index in [0.717, 1.165) is 36.7 Å². The van der Waals surface area contributed by atoms with Crippen molar-refractivity contribution in [1.29, 1.82) is 0 Å². The number of rotatable bonds is 4. The lowest BCUT2D eigenvalue weighted by atomic mass is 10.1. The third kappa shape index (κ3) is 4.33. The number of piperazine rings is 1. The smallest absolute Gasteiger partial charge is 0.246 e. The standard InChI is InChI=1S/C19H22FN3O2/c1-14-18(15(2)25-21-14)13-22-8-10-23(11-9-22)19(24)7-6-16-4-3-5-17(20)12-16/h3-7,12H,8-11,13H2,1-2H3/b7-6+. The summed E-state index contributed by atoms with van der Waals surface area (Å²) in [5, 5.41) is 3.98. The molecule has 0 aliphatic carbocycles. The van der Waals surface area contributed by atoms with Gasteiger partial charge in [-0.15, -0.1) is 0 Å². The van der Waals surface area contributed by atoms with Crippen LogP contribution in [0.15, 0.2) is 34.9 Å². The highest BCUT2D eigenvalue weighted by Crippen LogP contribution is 2.16. The van der Waals surface area contributed by atoms with Crippen molar-refractivity contribution in [2.75, 3.05) is 26.2 Å². The van der Waals surface area contributed by atoms with Gasteiger partial charge in [0.05, 0.1) is 5.69 Å². The Morgan fingerprint density at radius 2 is 2.04 bits per heavy atom. The Bertz CT molecular complexity index is 757. The molecule has 0 spiro atoms. The van der Waals surface area contributed by atoms with Gasteiger partial charge >= 0.3 is 0 Å². The van der Waals surface area contributed by atoms with Crippen molar-refractivity contribution < 1.29 is 13.7 Å². The maximum absolute atomic E-state index is 13.2. The van der Waals surface area contributed by atoms with Crippen LogP contribution in [0.2, 0.25) is 0 Å². The number of carbonyl (C=O) groups excluding carboxylic acids is 1. The molecule has 2 aromatic rings. The molecule has 2 heterocycles. The average Bonchev–Trinajstić information content (AvgIpc) is 2.92. The second-order valence-electron chi connectivity index (χ2n) is 6.29. The molecule has 132 valence electrons. The SMILES string of the molecule is Cc1noc(C)c1CN1CCN(C(=O)/C=C/c2cccc(F)c2)CC1. The van der Waals surface area contributed by atoms with Crippen LogP contribution in [0, 0.1) is 19.7 Å². The Morgan fingerprint density at radius 3 is 2.68 bits per heavy atom. The van der Waals surface area contributed by atoms with Crippen molar-refractivity contribution in [1.82, 2.24) is 15.0 Å². The number of hydrogen-bond donors (Lipinski definition) is 0. The molecule has 0 radical (unpaired) electrons. The fraction of sp³-hybridized carbons (Fsp3) is 0.368. The zero-order valence-electron chi connectivity index (χ0n) is 14.5. The summed E-state index contributed by atoms with van der Waals surface area (Å²) in [5.41, 5.74) is 2.74. The molecule has 1 aliphatic rings. The zero-order valence-corrected chi connectivity index (χ0v) is 14.5. The van der Waals surface area contributed by atoms with Crippen molar-refractivity contribution >= 4 is 12.0 Å². The topological polar surface area (TPSA) is 49.6 Å². The maximum Gasteiger partial charge on any atom is 0.246 e. The number of aromatic nitrogens is 1. The van der Waals surface area contributed by atoms with E-state index in [-0.39, 0.29) is 11.7 Å². The van der Waals surface area contributed by atoms with Crippen LogP contribution in [0.4, 0.5) is 4.39 Å². The van der Waals surface area contributed by atoms with Crippen LogP contribution in [-0.4, -0.2) is 47.0 Å². The van der Waals surface area contributed by atoms with E-state index in [2.05, 4.69) is 10.1 Å². The second-order valence-corrected chi connectivity index (χ2v) is 6.29. The number of nitrogens with zero attached hydrogens (tertiary/aromatic N) is 3. The lowest BCUT2D eigenvalue weighted by molar-refractivity contribution is -0.127. The number of hydrogen-bond acceptors (Lipinski definition) is 4. The number of aryl methyl sites for hydroxylation is 2. The Hall–Kier alpha value is -2.47. The van der Waals surface area contributed by atoms with Gasteiger partial charge in [-0.05, 0) is 37.6 Å². The van der Waals surface area contributed by atoms with Crippen molar-refractivity contribution in [2.45, 2.75) is 20.4 Å². The quantitative estimate of drug-likeness (QED) is 0.801. The van der Waals surface area contributed by atoms with Gasteiger partial charge in [-0.1, -0.05) is 17.3 Å². The Labute approximate surface area is 146 Å². The minimum Gasteiger partial charge on any atom is -0.361 e. The fourth-order valence-electron chi connectivity index (χ4n) is 2.96. The molecule has 1 aromatic carbocycles. The van der Waals surface area contributed by atoms with Crippen molar-refractivity contribution in [3.63, 3.8) is 0 Å². The molecular formula is C19H22FN3O2. The van der Waals surface area contributed by atoms with Crippen LogP contribution in [-0.2, 0) is 11.3 Å². The lowest BCUT2D eigenvalue weighted by Gasteiger charge is -2.34. The summed E-state index contributed by atoms with van der Waals surface area (Å²) in [4.78, 5) is 16.4. The molecule has 1 aromatic heterocycles. The first-order valence-corrected chi connectivity index (χ1v) is 8.39. The fourth-order valence-corrected chi connectivity index (χ4v) is 2.96. The third-order valence-corrected chi connectivity index (χ3v) is 4.51. The van der Waals surface area contributed by atoms with Crippen LogP contribution < -0.4 is 0 Å². The molecule has 1 amide bonds. The Morgan fingerprint density at radius 1 is 1.28 bits per heavy atom. The lowest BCUT2D eigenvalue weighted by Crippen LogP contribution is -2.47. The molecule has 0 unspecified atom stereocenters. The van der Waals surface area contributed by atoms with Gasteiger partial charge in [0.25, 0.3) is 0 Å². The predicted molar refractivity (Wildman–Crippen MR) is 93.3 cm³/mol. The van der Waals surface area contributed by atoms with Gasteiger partial charge in [0, 0.05) is 44.4 Å². The van der Waals surface area contributed by atoms with Crippen molar-refractivity contribution in [2.24, 2.45) is 0 Å². The molecule has 1 fully saturated rings. The Balaban J connectivity index is 1.52. The van der Waals surface area contributed by atoms with E-state index >= 15 is 0 Å². The normalized spacial score (nSPS) is 15.9. The first kappa shape index (κ1) is 17.4. The van der Waals surface area contributed by atoms with E-state index in [0.29, 0.717) is 18.7 Å². The van der Waals surface area contributed by atoms with Crippen LogP contribution in [0.25, 0.3) is 6.08 Å². The van der Waals surface area contributed by atoms with Crippen LogP contribution in [0.1, 0.15) is 22.6 Å². The van der Waals surface area contributed by atoms with E-state index in [1.54, 1.807) is 18.2 Å². The first-order valence-electron chi connectivity index (χ1n) is 8.39. The summed E-state index contributed by atoms with van der Waals surface area (Å²) in [6.07, 6.45) is 3.17. The monoisotopic (exact) mass is 343 g/mol. The van der Waals surface area contributed by atoms with Gasteiger partial charge in [-0.25, -0.2) is 4.39 Å². The molecule has 25 heavy (non-hydrogen) atoms. The first-order chi connectivity index (χ1) is 12.0. The number of benzene rings is 1. The minimum atomic E-state index is -0.303. The van der Waals surface area contributed by atoms with Crippen molar-refractivity contribution in [3.05, 3.63) is 58.7 Å². The predicted octanol–water partition coefficient (Wildman–Crippen LogP) is 2.79. The van der Waals surface area contributed by atoms with Gasteiger partial charge < -0.3 is 9.42 Å². The summed E-state index contributed by atoms with van der Waals surface area (Å²) in [7, 11) is 0. The third-order valence-electron chi connectivity index (χ3n) is 4.51. The van der Waals surface area contributed by atoms with Gasteiger partial charge in [0.1, 0.15) is 11.6 Å². The van der Waals surface area contributed by atoms with E-state index in [1.807, 2.05) is 18.7 Å². The van der Waals surface area contributed by atoms with Gasteiger partial charge in [0.15, 0.2) is 0 Å². The van der Waals surface area contributed by atoms with E-state index < -0.39 is 0 Å². The number of amides is 1. The minimum absolute atomic E-state index is 0.0405. The van der Waals surface area contributed by atoms with E-state index in [4.69, 9.17) is 4.52 Å². The zero-order chi connectivity index (χ0) is 17.8. The highest BCUT2D eigenvalue weighted by molar-refractivity contribution is 5.91. The molecule has 0 saturated carbocycles. The molecule has 0 N–H and O–H groups in total. The summed E-state index contributed by atoms with van der Waals surface area (Å²) in [5.74, 6) is 0.512. The molecule has 3 rings (SSSR count). The highest BCUT2D eigenvalue weighted by atomic mass is 19.1. The highest BCUT2D eigenvalue weighted by Gasteiger charge is 2.21. The summed E-state index contributed by atoms with van der Waals surface area (Å²) in [6.45, 7) is 7.63. The molecule has 1 saturated heterocycles. The second kappa shape index (κ2) is 7.61. The number of halogens is 1. The summed E-state index contributed by atoms with van der Waals surface area (Å²) < 4.78 is 18.4. The van der Waals surface area contributed by atoms with Crippen LogP contribution in [0.3, 0.4) is 0 Å². The van der Waals surface area contributed by atoms with E-state index in [9.17, 15) is 9.18 Å². The molecular weight excluding hydrogens is 321 g/mol. The van der Waals surface area contributed by atoms with E-state index in [1.165, 1.54) is 18.2 Å². The summed E-state index contributed by atoms with van der Waals surface area (Å²) in [6, 6.07) is 6.20. The summed E-state index contributed by atoms with van der Waals surface area (Å²) >= 11 is 0. The van der Waals surface area contributed by atoms with Gasteiger partial charge in [-0.2, -0.15) is 0 Å². The molecule has 5 nitrogen and oxygen atoms in total. The Kier molecular flexibility index (Phi) is 5.28. The molecule has 1 aliphatic heterocycles. The van der Waals surface area contributed by atoms with Crippen LogP contribution >= 0.6 is 0 Å². The molecule has 0 atom stereocenters. The van der Waals surface area contributed by atoms with Gasteiger partial charge in [-0.3, -0.25) is 9.69 Å². The van der Waals surface area contributed by atoms with Crippen LogP contribution in [0.5, 0.6) is 0 Å². The van der Waals surface area contributed by atoms with Gasteiger partial charge in [0.2, 0.25) is 5.91 Å². The largest absolute Gasteiger partial charge is 0.361 e. The maximum atomic E-state index is 13.2. The van der Waals surface area contributed by atoms with Crippen molar-refractivity contribution in [3.8, 4) is 0 Å². The molecule has 0 bridgehead atoms. The average molecular weight is 343 g/mol. The number of carbonyl (C=O) groups is 1.